The maximum atomic E-state index is 4.73. The average molecular weight is 279 g/mol. The molecule has 0 spiro atoms. The van der Waals surface area contributed by atoms with E-state index in [0.29, 0.717) is 0 Å². The molecule has 4 aromatic rings. The van der Waals surface area contributed by atoms with Gasteiger partial charge in [-0.1, -0.05) is 41.7 Å². The van der Waals surface area contributed by atoms with Crippen LogP contribution in [0.1, 0.15) is 11.4 Å². The molecule has 0 bridgehead atoms. The maximum Gasteiger partial charge on any atom is 0.211 e. The van der Waals surface area contributed by atoms with Gasteiger partial charge < -0.3 is 0 Å². The molecule has 2 aromatic heterocycles. The lowest BCUT2D eigenvalue weighted by molar-refractivity contribution is 0.828. The zero-order chi connectivity index (χ0) is 13.7. The Labute approximate surface area is 120 Å². The summed E-state index contributed by atoms with van der Waals surface area (Å²) in [6.07, 6.45) is 0. The van der Waals surface area contributed by atoms with E-state index in [1.165, 1.54) is 15.5 Å². The van der Waals surface area contributed by atoms with E-state index in [1.807, 2.05) is 11.6 Å². The predicted octanol–water partition coefficient (Wildman–Crippen LogP) is 4.25. The minimum Gasteiger partial charge on any atom is -0.218 e. The molecular weight excluding hydrogens is 266 g/mol. The maximum absolute atomic E-state index is 4.73. The van der Waals surface area contributed by atoms with Crippen LogP contribution in [0.25, 0.3) is 26.1 Å². The van der Waals surface area contributed by atoms with Crippen molar-refractivity contribution in [2.75, 3.05) is 0 Å². The number of rotatable bonds is 1. The summed E-state index contributed by atoms with van der Waals surface area (Å²) < 4.78 is 3.15. The Morgan fingerprint density at radius 1 is 1.05 bits per heavy atom. The minimum atomic E-state index is 0.932. The second-order valence-corrected chi connectivity index (χ2v) is 5.95. The Kier molecular flexibility index (Phi) is 2.41. The van der Waals surface area contributed by atoms with E-state index in [1.54, 1.807) is 11.3 Å². The third-order valence-corrected chi connectivity index (χ3v) is 4.54. The van der Waals surface area contributed by atoms with Crippen LogP contribution in [0.5, 0.6) is 0 Å². The van der Waals surface area contributed by atoms with Crippen molar-refractivity contribution in [2.45, 2.75) is 13.8 Å². The number of fused-ring (bicyclic) bond motifs is 3. The fourth-order valence-corrected chi connectivity index (χ4v) is 3.67. The largest absolute Gasteiger partial charge is 0.218 e. The lowest BCUT2D eigenvalue weighted by Gasteiger charge is -1.96. The van der Waals surface area contributed by atoms with E-state index in [9.17, 15) is 0 Å². The number of nitrogens with zero attached hydrogens (tertiary/aromatic N) is 3. The summed E-state index contributed by atoms with van der Waals surface area (Å²) in [7, 11) is 0. The molecule has 98 valence electrons. The van der Waals surface area contributed by atoms with Crippen LogP contribution in [0.15, 0.2) is 42.5 Å². The van der Waals surface area contributed by atoms with Gasteiger partial charge in [0.15, 0.2) is 0 Å². The van der Waals surface area contributed by atoms with Gasteiger partial charge in [0, 0.05) is 11.1 Å². The molecule has 3 nitrogen and oxygen atoms in total. The molecule has 0 unspecified atom stereocenters. The van der Waals surface area contributed by atoms with E-state index in [-0.39, 0.29) is 0 Å². The van der Waals surface area contributed by atoms with Crippen molar-refractivity contribution < 1.29 is 0 Å². The van der Waals surface area contributed by atoms with Gasteiger partial charge in [-0.3, -0.25) is 0 Å². The summed E-state index contributed by atoms with van der Waals surface area (Å²) in [6.45, 7) is 4.07. The van der Waals surface area contributed by atoms with Gasteiger partial charge in [0.05, 0.1) is 15.9 Å². The number of hydrogen-bond acceptors (Lipinski definition) is 3. The summed E-state index contributed by atoms with van der Waals surface area (Å²) in [5, 5.41) is 7.97. The molecule has 0 radical (unpaired) electrons. The number of benzene rings is 2. The average Bonchev–Trinajstić information content (AvgIpc) is 3.01. The standard InChI is InChI=1S/C16H13N3S/c1-10-9-11(2)19(18-10)16-17-14-8-7-12-5-3-4-6-13(12)15(14)20-16/h3-9H,1-2H3. The van der Waals surface area contributed by atoms with Crippen LogP contribution in [0.2, 0.25) is 0 Å². The van der Waals surface area contributed by atoms with Crippen LogP contribution in [0.4, 0.5) is 0 Å². The first-order chi connectivity index (χ1) is 9.72. The Bertz CT molecular complexity index is 933. The van der Waals surface area contributed by atoms with Crippen molar-refractivity contribution >= 4 is 32.3 Å². The highest BCUT2D eigenvalue weighted by molar-refractivity contribution is 7.21. The van der Waals surface area contributed by atoms with Crippen molar-refractivity contribution in [1.82, 2.24) is 14.8 Å². The molecule has 2 heterocycles. The molecule has 2 aromatic carbocycles. The third-order valence-electron chi connectivity index (χ3n) is 3.46. The first-order valence-corrected chi connectivity index (χ1v) is 7.36. The zero-order valence-corrected chi connectivity index (χ0v) is 12.1. The van der Waals surface area contributed by atoms with E-state index >= 15 is 0 Å². The smallest absolute Gasteiger partial charge is 0.211 e. The molecule has 0 amide bonds. The summed E-state index contributed by atoms with van der Waals surface area (Å²) in [5.74, 6) is 0. The molecule has 0 atom stereocenters. The monoisotopic (exact) mass is 279 g/mol. The molecule has 20 heavy (non-hydrogen) atoms. The van der Waals surface area contributed by atoms with Gasteiger partial charge in [-0.15, -0.1) is 0 Å². The minimum absolute atomic E-state index is 0.932. The molecule has 0 saturated carbocycles. The number of aromatic nitrogens is 3. The van der Waals surface area contributed by atoms with E-state index < -0.39 is 0 Å². The Balaban J connectivity index is 2.03. The van der Waals surface area contributed by atoms with Crippen LogP contribution in [-0.2, 0) is 0 Å². The lowest BCUT2D eigenvalue weighted by Crippen LogP contribution is -1.97. The van der Waals surface area contributed by atoms with E-state index in [0.717, 1.165) is 22.0 Å². The van der Waals surface area contributed by atoms with Crippen LogP contribution in [-0.4, -0.2) is 14.8 Å². The number of thiazole rings is 1. The van der Waals surface area contributed by atoms with Gasteiger partial charge in [0.1, 0.15) is 0 Å². The van der Waals surface area contributed by atoms with Gasteiger partial charge in [-0.25, -0.2) is 9.67 Å². The molecule has 4 heteroatoms. The highest BCUT2D eigenvalue weighted by Gasteiger charge is 2.11. The Morgan fingerprint density at radius 2 is 1.90 bits per heavy atom. The van der Waals surface area contributed by atoms with Gasteiger partial charge in [-0.2, -0.15) is 5.10 Å². The summed E-state index contributed by atoms with van der Waals surface area (Å²) in [4.78, 5) is 4.73. The van der Waals surface area contributed by atoms with Crippen LogP contribution < -0.4 is 0 Å². The molecule has 4 rings (SSSR count). The van der Waals surface area contributed by atoms with Crippen molar-refractivity contribution in [2.24, 2.45) is 0 Å². The second-order valence-electron chi connectivity index (χ2n) is 4.97. The van der Waals surface area contributed by atoms with Crippen LogP contribution in [0.3, 0.4) is 0 Å². The number of hydrogen-bond donors (Lipinski definition) is 0. The Hall–Kier alpha value is -2.20. The molecule has 0 aliphatic heterocycles. The fourth-order valence-electron chi connectivity index (χ4n) is 2.56. The molecular formula is C16H13N3S. The van der Waals surface area contributed by atoms with Crippen molar-refractivity contribution in [3.05, 3.63) is 53.9 Å². The summed E-state index contributed by atoms with van der Waals surface area (Å²) >= 11 is 1.70. The highest BCUT2D eigenvalue weighted by atomic mass is 32.1. The second kappa shape index (κ2) is 4.15. The molecule has 0 aliphatic carbocycles. The summed E-state index contributed by atoms with van der Waals surface area (Å²) in [6, 6.07) is 14.7. The van der Waals surface area contributed by atoms with Crippen LogP contribution in [0, 0.1) is 13.8 Å². The van der Waals surface area contributed by atoms with Crippen LogP contribution >= 0.6 is 11.3 Å². The normalized spacial score (nSPS) is 11.5. The van der Waals surface area contributed by atoms with E-state index in [2.05, 4.69) is 54.5 Å². The van der Waals surface area contributed by atoms with Crippen molar-refractivity contribution in [1.29, 1.82) is 0 Å². The molecule has 0 aliphatic rings. The predicted molar refractivity (Wildman–Crippen MR) is 83.7 cm³/mol. The number of aryl methyl sites for hydroxylation is 2. The molecule has 0 N–H and O–H groups in total. The first-order valence-electron chi connectivity index (χ1n) is 6.54. The summed E-state index contributed by atoms with van der Waals surface area (Å²) in [5.41, 5.74) is 3.17. The molecule has 0 saturated heterocycles. The van der Waals surface area contributed by atoms with Crippen molar-refractivity contribution in [3.63, 3.8) is 0 Å². The highest BCUT2D eigenvalue weighted by Crippen LogP contribution is 2.32. The third kappa shape index (κ3) is 1.65. The van der Waals surface area contributed by atoms with Gasteiger partial charge in [0.2, 0.25) is 5.13 Å². The topological polar surface area (TPSA) is 30.7 Å². The van der Waals surface area contributed by atoms with Gasteiger partial charge >= 0.3 is 0 Å². The zero-order valence-electron chi connectivity index (χ0n) is 11.3. The molecule has 0 fully saturated rings. The van der Waals surface area contributed by atoms with Gasteiger partial charge in [0.25, 0.3) is 0 Å². The SMILES string of the molecule is Cc1cc(C)n(-c2nc3ccc4ccccc4c3s2)n1. The van der Waals surface area contributed by atoms with E-state index in [4.69, 9.17) is 4.98 Å². The first kappa shape index (κ1) is 11.6. The van der Waals surface area contributed by atoms with Gasteiger partial charge in [-0.05, 0) is 31.4 Å². The van der Waals surface area contributed by atoms with Crippen molar-refractivity contribution in [3.8, 4) is 5.13 Å². The lowest BCUT2D eigenvalue weighted by atomic mass is 10.1. The Morgan fingerprint density at radius 3 is 2.70 bits per heavy atom. The fraction of sp³-hybridized carbons (Fsp3) is 0.125. The quantitative estimate of drug-likeness (QED) is 0.521.